The summed E-state index contributed by atoms with van der Waals surface area (Å²) in [4.78, 5) is 12.3. The van der Waals surface area contributed by atoms with Crippen LogP contribution in [0.2, 0.25) is 0 Å². The van der Waals surface area contributed by atoms with Gasteiger partial charge in [-0.05, 0) is 68.3 Å². The van der Waals surface area contributed by atoms with E-state index in [-0.39, 0.29) is 11.9 Å². The molecule has 0 spiro atoms. The highest BCUT2D eigenvalue weighted by atomic mass is 19.1. The number of nitrogens with one attached hydrogen (secondary N) is 2. The molecule has 3 aromatic rings. The first-order valence-corrected chi connectivity index (χ1v) is 10.8. The second kappa shape index (κ2) is 9.81. The van der Waals surface area contributed by atoms with Gasteiger partial charge in [0.25, 0.3) is 0 Å². The number of halogens is 1. The van der Waals surface area contributed by atoms with Gasteiger partial charge in [-0.3, -0.25) is 4.79 Å². The lowest BCUT2D eigenvalue weighted by molar-refractivity contribution is -0.117. The normalized spacial score (nSPS) is 13.5. The molecule has 0 bridgehead atoms. The molecule has 0 atom stereocenters. The highest BCUT2D eigenvalue weighted by molar-refractivity contribution is 5.98. The maximum Gasteiger partial charge on any atom is 0.247 e. The van der Waals surface area contributed by atoms with Gasteiger partial charge in [-0.25, -0.2) is 4.39 Å². The predicted molar refractivity (Wildman–Crippen MR) is 126 cm³/mol. The molecule has 0 radical (unpaired) electrons. The van der Waals surface area contributed by atoms with Gasteiger partial charge >= 0.3 is 0 Å². The number of ether oxygens (including phenoxy) is 2. The molecule has 1 heterocycles. The van der Waals surface area contributed by atoms with E-state index in [4.69, 9.17) is 13.9 Å². The van der Waals surface area contributed by atoms with Crippen molar-refractivity contribution in [3.63, 3.8) is 0 Å². The molecule has 2 aromatic carbocycles. The van der Waals surface area contributed by atoms with E-state index in [1.165, 1.54) is 13.2 Å². The first kappa shape index (κ1) is 22.5. The van der Waals surface area contributed by atoms with Crippen LogP contribution in [-0.2, 0) is 11.3 Å². The van der Waals surface area contributed by atoms with Crippen LogP contribution in [0, 0.1) is 5.82 Å². The van der Waals surface area contributed by atoms with Crippen LogP contribution < -0.4 is 20.1 Å². The van der Waals surface area contributed by atoms with Gasteiger partial charge < -0.3 is 24.5 Å². The van der Waals surface area contributed by atoms with E-state index in [1.807, 2.05) is 6.07 Å². The molecule has 1 aliphatic rings. The van der Waals surface area contributed by atoms with Crippen molar-refractivity contribution in [2.24, 2.45) is 0 Å². The Labute approximate surface area is 192 Å². The number of carbonyl (C=O) groups is 1. The van der Waals surface area contributed by atoms with Crippen molar-refractivity contribution in [3.8, 4) is 22.6 Å². The number of amides is 1. The van der Waals surface area contributed by atoms with Crippen molar-refractivity contribution < 1.29 is 23.1 Å². The number of anilines is 1. The number of hydrogen-bond acceptors (Lipinski definition) is 5. The van der Waals surface area contributed by atoms with Crippen LogP contribution in [0.25, 0.3) is 17.2 Å². The number of hydrogen-bond donors (Lipinski definition) is 2. The molecule has 0 saturated heterocycles. The van der Waals surface area contributed by atoms with Crippen LogP contribution in [0.3, 0.4) is 0 Å². The summed E-state index contributed by atoms with van der Waals surface area (Å²) in [6.45, 7) is 2.21. The minimum atomic E-state index is -0.400. The number of furan rings is 1. The van der Waals surface area contributed by atoms with E-state index in [0.29, 0.717) is 46.0 Å². The van der Waals surface area contributed by atoms with E-state index < -0.39 is 5.82 Å². The predicted octanol–water partition coefficient (Wildman–Crippen LogP) is 5.40. The Balaban J connectivity index is 1.61. The molecule has 1 fully saturated rings. The van der Waals surface area contributed by atoms with E-state index in [0.717, 1.165) is 18.6 Å². The van der Waals surface area contributed by atoms with Gasteiger partial charge in [0, 0.05) is 34.0 Å². The first-order chi connectivity index (χ1) is 16.0. The van der Waals surface area contributed by atoms with Gasteiger partial charge in [0.2, 0.25) is 5.91 Å². The summed E-state index contributed by atoms with van der Waals surface area (Å²) < 4.78 is 31.5. The van der Waals surface area contributed by atoms with Gasteiger partial charge in [0.15, 0.2) is 0 Å². The van der Waals surface area contributed by atoms with Gasteiger partial charge in [-0.1, -0.05) is 0 Å². The largest absolute Gasteiger partial charge is 0.496 e. The van der Waals surface area contributed by atoms with Crippen molar-refractivity contribution in [3.05, 3.63) is 71.4 Å². The first-order valence-electron chi connectivity index (χ1n) is 10.8. The quantitative estimate of drug-likeness (QED) is 0.427. The second-order valence-corrected chi connectivity index (χ2v) is 8.00. The van der Waals surface area contributed by atoms with Crippen molar-refractivity contribution in [2.75, 3.05) is 19.5 Å². The molecular formula is C26H27FN2O4. The van der Waals surface area contributed by atoms with Gasteiger partial charge in [0.1, 0.15) is 23.1 Å². The number of carbonyl (C=O) groups excluding carboxylic acids is 1. The molecule has 1 aromatic heterocycles. The van der Waals surface area contributed by atoms with Crippen LogP contribution in [-0.4, -0.2) is 26.2 Å². The Morgan fingerprint density at radius 3 is 2.55 bits per heavy atom. The molecule has 0 aliphatic heterocycles. The monoisotopic (exact) mass is 450 g/mol. The maximum absolute atomic E-state index is 15.1. The van der Waals surface area contributed by atoms with Gasteiger partial charge in [0.05, 0.1) is 27.0 Å². The minimum Gasteiger partial charge on any atom is -0.496 e. The lowest BCUT2D eigenvalue weighted by Gasteiger charge is -2.15. The summed E-state index contributed by atoms with van der Waals surface area (Å²) in [6.07, 6.45) is 5.39. The molecule has 1 saturated carbocycles. The number of rotatable bonds is 9. The second-order valence-electron chi connectivity index (χ2n) is 8.00. The number of benzene rings is 2. The Morgan fingerprint density at radius 2 is 1.91 bits per heavy atom. The standard InChI is InChI=1S/C26H27FN2O4/c1-16(26(30)29-18-6-7-18)11-17-12-25(32-3)22(14-24(17)31-2)21-9-8-19(13-23(21)27)28-15-20-5-4-10-33-20/h4-5,8-14,18,28H,6-7,15H2,1-3H3,(H,29,30). The average Bonchev–Trinajstić information content (AvgIpc) is 3.47. The molecule has 2 N–H and O–H groups in total. The fourth-order valence-corrected chi connectivity index (χ4v) is 3.52. The SMILES string of the molecule is COc1cc(-c2ccc(NCc3ccco3)cc2F)c(OC)cc1C=C(C)C(=O)NC1CC1. The van der Waals surface area contributed by atoms with Crippen LogP contribution in [0.4, 0.5) is 10.1 Å². The highest BCUT2D eigenvalue weighted by Gasteiger charge is 2.24. The Bertz CT molecular complexity index is 1170. The fraction of sp³-hybridized carbons (Fsp3) is 0.269. The van der Waals surface area contributed by atoms with Crippen molar-refractivity contribution in [2.45, 2.75) is 32.4 Å². The van der Waals surface area contributed by atoms with E-state index in [1.54, 1.807) is 56.7 Å². The Morgan fingerprint density at radius 1 is 1.12 bits per heavy atom. The van der Waals surface area contributed by atoms with Crippen LogP contribution in [0.5, 0.6) is 11.5 Å². The Hall–Kier alpha value is -3.74. The topological polar surface area (TPSA) is 72.7 Å². The van der Waals surface area contributed by atoms with Crippen molar-refractivity contribution in [1.29, 1.82) is 0 Å². The number of methoxy groups -OCH3 is 2. The summed E-state index contributed by atoms with van der Waals surface area (Å²) in [5, 5.41) is 6.11. The molecule has 0 unspecified atom stereocenters. The van der Waals surface area contributed by atoms with Gasteiger partial charge in [-0.2, -0.15) is 0 Å². The molecular weight excluding hydrogens is 423 g/mol. The van der Waals surface area contributed by atoms with Crippen LogP contribution >= 0.6 is 0 Å². The molecule has 1 aliphatic carbocycles. The van der Waals surface area contributed by atoms with Crippen molar-refractivity contribution in [1.82, 2.24) is 5.32 Å². The molecule has 1 amide bonds. The molecule has 33 heavy (non-hydrogen) atoms. The summed E-state index contributed by atoms with van der Waals surface area (Å²) >= 11 is 0. The molecule has 7 heteroatoms. The van der Waals surface area contributed by atoms with E-state index in [2.05, 4.69) is 10.6 Å². The zero-order valence-corrected chi connectivity index (χ0v) is 18.9. The maximum atomic E-state index is 15.1. The van der Waals surface area contributed by atoms with E-state index in [9.17, 15) is 4.79 Å². The zero-order chi connectivity index (χ0) is 23.4. The lowest BCUT2D eigenvalue weighted by Crippen LogP contribution is -2.25. The third-order valence-corrected chi connectivity index (χ3v) is 5.50. The summed E-state index contributed by atoms with van der Waals surface area (Å²) in [5.74, 6) is 1.25. The summed E-state index contributed by atoms with van der Waals surface area (Å²) in [7, 11) is 3.07. The highest BCUT2D eigenvalue weighted by Crippen LogP contribution is 2.39. The van der Waals surface area contributed by atoms with Crippen LogP contribution in [0.1, 0.15) is 31.1 Å². The van der Waals surface area contributed by atoms with Crippen LogP contribution in [0.15, 0.2) is 58.7 Å². The van der Waals surface area contributed by atoms with Gasteiger partial charge in [-0.15, -0.1) is 0 Å². The van der Waals surface area contributed by atoms with E-state index >= 15 is 4.39 Å². The average molecular weight is 451 g/mol. The zero-order valence-electron chi connectivity index (χ0n) is 18.9. The fourth-order valence-electron chi connectivity index (χ4n) is 3.52. The molecule has 4 rings (SSSR count). The minimum absolute atomic E-state index is 0.105. The third-order valence-electron chi connectivity index (χ3n) is 5.50. The van der Waals surface area contributed by atoms with Crippen molar-refractivity contribution >= 4 is 17.7 Å². The third kappa shape index (κ3) is 5.37. The summed E-state index contributed by atoms with van der Waals surface area (Å²) in [6, 6.07) is 12.3. The summed E-state index contributed by atoms with van der Waals surface area (Å²) in [5.41, 5.74) is 2.82. The smallest absolute Gasteiger partial charge is 0.247 e. The molecule has 6 nitrogen and oxygen atoms in total. The lowest BCUT2D eigenvalue weighted by atomic mass is 9.99. The molecule has 172 valence electrons. The Kier molecular flexibility index (Phi) is 6.68.